The van der Waals surface area contributed by atoms with Gasteiger partial charge >= 0.3 is 5.91 Å². The number of hydrogen-bond donors (Lipinski definition) is 1. The van der Waals surface area contributed by atoms with Gasteiger partial charge in [-0.1, -0.05) is 36.2 Å². The molecule has 4 rings (SSSR count). The van der Waals surface area contributed by atoms with E-state index in [0.717, 1.165) is 48.1 Å². The lowest BCUT2D eigenvalue weighted by Gasteiger charge is -2.21. The van der Waals surface area contributed by atoms with Crippen molar-refractivity contribution in [2.24, 2.45) is 15.4 Å². The van der Waals surface area contributed by atoms with Crippen LogP contribution in [0.3, 0.4) is 0 Å². The molecule has 0 radical (unpaired) electrons. The minimum absolute atomic E-state index is 0.000409. The van der Waals surface area contributed by atoms with Crippen molar-refractivity contribution >= 4 is 28.7 Å². The van der Waals surface area contributed by atoms with E-state index in [9.17, 15) is 9.90 Å². The van der Waals surface area contributed by atoms with Crippen molar-refractivity contribution in [1.82, 2.24) is 9.47 Å². The van der Waals surface area contributed by atoms with Crippen molar-refractivity contribution in [1.29, 1.82) is 0 Å². The van der Waals surface area contributed by atoms with Gasteiger partial charge in [0.1, 0.15) is 5.75 Å². The highest BCUT2D eigenvalue weighted by Crippen LogP contribution is 2.39. The maximum absolute atomic E-state index is 12.1. The van der Waals surface area contributed by atoms with Gasteiger partial charge in [-0.15, -0.1) is 10.2 Å². The van der Waals surface area contributed by atoms with Crippen LogP contribution in [0.15, 0.2) is 63.9 Å². The number of benzene rings is 2. The summed E-state index contributed by atoms with van der Waals surface area (Å²) >= 11 is 0. The average Bonchev–Trinajstić information content (AvgIpc) is 3.01. The van der Waals surface area contributed by atoms with Crippen LogP contribution in [0.1, 0.15) is 31.2 Å². The first kappa shape index (κ1) is 23.4. The molecule has 0 spiro atoms. The number of ether oxygens (including phenoxy) is 1. The molecule has 3 aromatic rings. The van der Waals surface area contributed by atoms with Crippen LogP contribution < -0.4 is 4.74 Å². The number of methoxy groups -OCH3 is 1. The van der Waals surface area contributed by atoms with Crippen LogP contribution in [0.2, 0.25) is 0 Å². The monoisotopic (exact) mass is 463 g/mol. The smallest absolute Gasteiger partial charge is 0.304 e. The Morgan fingerprint density at radius 1 is 1.06 bits per heavy atom. The van der Waals surface area contributed by atoms with Gasteiger partial charge in [0.25, 0.3) is 0 Å². The van der Waals surface area contributed by atoms with Crippen molar-refractivity contribution in [2.75, 3.05) is 26.8 Å². The summed E-state index contributed by atoms with van der Waals surface area (Å²) in [5.41, 5.74) is 1.93. The fourth-order valence-corrected chi connectivity index (χ4v) is 4.01. The Hall–Kier alpha value is -3.72. The van der Waals surface area contributed by atoms with Crippen molar-refractivity contribution < 1.29 is 19.5 Å². The van der Waals surface area contributed by atoms with Crippen LogP contribution in [-0.2, 0) is 16.3 Å². The Bertz CT molecular complexity index is 1160. The summed E-state index contributed by atoms with van der Waals surface area (Å²) in [5.74, 6) is 0.140. The molecule has 1 amide bonds. The normalized spacial score (nSPS) is 15.2. The molecule has 1 saturated heterocycles. The molecule has 9 heteroatoms. The molecule has 9 nitrogen and oxygen atoms in total. The van der Waals surface area contributed by atoms with E-state index in [1.54, 1.807) is 19.2 Å². The SMILES string of the molecule is COc1ccc(/C=N/OCC(=O)N=Nc2c(O)n(CN3CCCCCC3)c3ccccc23)cc1. The van der Waals surface area contributed by atoms with Gasteiger partial charge in [-0.05, 0) is 61.8 Å². The number of aromatic nitrogens is 1. The standard InChI is InChI=1S/C25H29N5O4/c1-33-20-12-10-19(11-13-20)16-26-34-17-23(31)27-28-24-21-8-4-5-9-22(21)30(25(24)32)18-29-14-6-2-3-7-15-29/h4-5,8-13,16,32H,2-3,6-7,14-15,17-18H2,1H3/b26-16+,28-27?. The molecule has 2 heterocycles. The molecule has 0 unspecified atom stereocenters. The van der Waals surface area contributed by atoms with E-state index in [-0.39, 0.29) is 18.2 Å². The first-order valence-electron chi connectivity index (χ1n) is 11.4. The number of rotatable bonds is 8. The summed E-state index contributed by atoms with van der Waals surface area (Å²) in [6.07, 6.45) is 6.28. The number of aromatic hydroxyl groups is 1. The second-order valence-corrected chi connectivity index (χ2v) is 8.17. The summed E-state index contributed by atoms with van der Waals surface area (Å²) in [5, 5.41) is 23.2. The molecule has 1 fully saturated rings. The Morgan fingerprint density at radius 2 is 1.79 bits per heavy atom. The van der Waals surface area contributed by atoms with E-state index in [0.29, 0.717) is 6.67 Å². The molecule has 1 aromatic heterocycles. The number of fused-ring (bicyclic) bond motifs is 1. The zero-order chi connectivity index (χ0) is 23.8. The van der Waals surface area contributed by atoms with Gasteiger partial charge in [-0.3, -0.25) is 14.3 Å². The van der Waals surface area contributed by atoms with Gasteiger partial charge in [0.2, 0.25) is 5.88 Å². The number of nitrogens with zero attached hydrogens (tertiary/aromatic N) is 5. The number of oxime groups is 1. The van der Waals surface area contributed by atoms with Crippen LogP contribution in [0.4, 0.5) is 5.69 Å². The average molecular weight is 464 g/mol. The van der Waals surface area contributed by atoms with Crippen molar-refractivity contribution in [3.8, 4) is 11.6 Å². The Kier molecular flexibility index (Phi) is 7.87. The summed E-state index contributed by atoms with van der Waals surface area (Å²) < 4.78 is 6.93. The van der Waals surface area contributed by atoms with Crippen LogP contribution >= 0.6 is 0 Å². The van der Waals surface area contributed by atoms with Gasteiger partial charge in [0, 0.05) is 5.39 Å². The summed E-state index contributed by atoms with van der Waals surface area (Å²) in [6, 6.07) is 14.8. The molecule has 178 valence electrons. The van der Waals surface area contributed by atoms with Gasteiger partial charge < -0.3 is 14.7 Å². The van der Waals surface area contributed by atoms with E-state index in [1.165, 1.54) is 19.1 Å². The molecular formula is C25H29N5O4. The van der Waals surface area contributed by atoms with Gasteiger partial charge in [-0.2, -0.15) is 0 Å². The van der Waals surface area contributed by atoms with Crippen LogP contribution in [0.25, 0.3) is 10.9 Å². The first-order valence-corrected chi connectivity index (χ1v) is 11.4. The third-order valence-electron chi connectivity index (χ3n) is 5.80. The van der Waals surface area contributed by atoms with Gasteiger partial charge in [0.15, 0.2) is 12.3 Å². The van der Waals surface area contributed by atoms with E-state index in [4.69, 9.17) is 9.57 Å². The lowest BCUT2D eigenvalue weighted by atomic mass is 10.2. The summed E-state index contributed by atoms with van der Waals surface area (Å²) in [7, 11) is 1.60. The number of para-hydroxylation sites is 1. The number of carbonyl (C=O) groups excluding carboxylic acids is 1. The maximum Gasteiger partial charge on any atom is 0.304 e. The molecule has 1 aliphatic rings. The van der Waals surface area contributed by atoms with Crippen LogP contribution in [-0.4, -0.2) is 53.5 Å². The molecule has 1 aliphatic heterocycles. The van der Waals surface area contributed by atoms with E-state index in [1.807, 2.05) is 41.0 Å². The van der Waals surface area contributed by atoms with Crippen molar-refractivity contribution in [3.63, 3.8) is 0 Å². The van der Waals surface area contributed by atoms with E-state index in [2.05, 4.69) is 20.3 Å². The lowest BCUT2D eigenvalue weighted by molar-refractivity contribution is -0.122. The topological polar surface area (TPSA) is 101 Å². The highest BCUT2D eigenvalue weighted by Gasteiger charge is 2.19. The van der Waals surface area contributed by atoms with E-state index >= 15 is 0 Å². The molecule has 34 heavy (non-hydrogen) atoms. The Balaban J connectivity index is 1.41. The third-order valence-corrected chi connectivity index (χ3v) is 5.80. The minimum Gasteiger partial charge on any atom is -0.497 e. The molecule has 0 atom stereocenters. The highest BCUT2D eigenvalue weighted by molar-refractivity contribution is 5.95. The quantitative estimate of drug-likeness (QED) is 0.292. The minimum atomic E-state index is -0.601. The predicted octanol–water partition coefficient (Wildman–Crippen LogP) is 4.85. The zero-order valence-electron chi connectivity index (χ0n) is 19.3. The summed E-state index contributed by atoms with van der Waals surface area (Å²) in [6.45, 7) is 2.20. The van der Waals surface area contributed by atoms with Gasteiger partial charge in [-0.25, -0.2) is 0 Å². The number of likely N-dealkylation sites (tertiary alicyclic amines) is 1. The van der Waals surface area contributed by atoms with Crippen LogP contribution in [0.5, 0.6) is 11.6 Å². The Morgan fingerprint density at radius 3 is 2.53 bits per heavy atom. The second kappa shape index (κ2) is 11.4. The number of amides is 1. The van der Waals surface area contributed by atoms with E-state index < -0.39 is 5.91 Å². The maximum atomic E-state index is 12.1. The second-order valence-electron chi connectivity index (χ2n) is 8.17. The zero-order valence-corrected chi connectivity index (χ0v) is 19.3. The fraction of sp³-hybridized carbons (Fsp3) is 0.360. The summed E-state index contributed by atoms with van der Waals surface area (Å²) in [4.78, 5) is 19.5. The number of hydrogen-bond acceptors (Lipinski definition) is 7. The largest absolute Gasteiger partial charge is 0.497 e. The third kappa shape index (κ3) is 5.79. The molecule has 0 saturated carbocycles. The number of carbonyl (C=O) groups is 1. The van der Waals surface area contributed by atoms with Crippen molar-refractivity contribution in [2.45, 2.75) is 32.4 Å². The predicted molar refractivity (Wildman–Crippen MR) is 130 cm³/mol. The molecule has 2 aromatic carbocycles. The molecular weight excluding hydrogens is 434 g/mol. The fourth-order valence-electron chi connectivity index (χ4n) is 4.01. The lowest BCUT2D eigenvalue weighted by Crippen LogP contribution is -2.27. The van der Waals surface area contributed by atoms with Crippen LogP contribution in [0, 0.1) is 0 Å². The van der Waals surface area contributed by atoms with Crippen molar-refractivity contribution in [3.05, 3.63) is 54.1 Å². The molecule has 1 N–H and O–H groups in total. The molecule has 0 aliphatic carbocycles. The molecule has 0 bridgehead atoms. The Labute approximate surface area is 198 Å². The first-order chi connectivity index (χ1) is 16.7. The van der Waals surface area contributed by atoms with Gasteiger partial charge in [0.05, 0.1) is 25.5 Å². The number of azo groups is 1. The highest BCUT2D eigenvalue weighted by atomic mass is 16.6.